The van der Waals surface area contributed by atoms with Crippen molar-refractivity contribution in [2.45, 2.75) is 30.6 Å². The van der Waals surface area contributed by atoms with E-state index in [4.69, 9.17) is 0 Å². The van der Waals surface area contributed by atoms with Crippen molar-refractivity contribution in [3.63, 3.8) is 0 Å². The average Bonchev–Trinajstić information content (AvgIpc) is 3.27. The standard InChI is InChI=1S/C19H23N3O3S/c23-19(17-7-8-20-14-17)21-9-2-10-22(12-11-21)26(24,25)18-6-5-15-3-1-4-16(15)13-18/h5-8,13-14,20H,1-4,9-12H2. The van der Waals surface area contributed by atoms with Gasteiger partial charge in [0.1, 0.15) is 0 Å². The molecule has 26 heavy (non-hydrogen) atoms. The van der Waals surface area contributed by atoms with Crippen LogP contribution in [0, 0.1) is 0 Å². The van der Waals surface area contributed by atoms with Gasteiger partial charge in [0.2, 0.25) is 10.0 Å². The number of nitrogens with one attached hydrogen (secondary N) is 1. The van der Waals surface area contributed by atoms with Crippen molar-refractivity contribution in [1.82, 2.24) is 14.2 Å². The summed E-state index contributed by atoms with van der Waals surface area (Å²) in [5.74, 6) is -0.0528. The van der Waals surface area contributed by atoms with Gasteiger partial charge in [-0.1, -0.05) is 6.07 Å². The molecule has 0 radical (unpaired) electrons. The predicted molar refractivity (Wildman–Crippen MR) is 98.5 cm³/mol. The number of hydrogen-bond acceptors (Lipinski definition) is 3. The first kappa shape index (κ1) is 17.3. The summed E-state index contributed by atoms with van der Waals surface area (Å²) in [4.78, 5) is 17.5. The van der Waals surface area contributed by atoms with Crippen LogP contribution in [0.2, 0.25) is 0 Å². The van der Waals surface area contributed by atoms with Crippen molar-refractivity contribution in [3.8, 4) is 0 Å². The Morgan fingerprint density at radius 3 is 2.62 bits per heavy atom. The lowest BCUT2D eigenvalue weighted by molar-refractivity contribution is 0.0764. The molecule has 7 heteroatoms. The van der Waals surface area contributed by atoms with Gasteiger partial charge in [0.25, 0.3) is 5.91 Å². The average molecular weight is 373 g/mol. The van der Waals surface area contributed by atoms with Crippen LogP contribution in [0.1, 0.15) is 34.3 Å². The highest BCUT2D eigenvalue weighted by Crippen LogP contribution is 2.26. The summed E-state index contributed by atoms with van der Waals surface area (Å²) in [6, 6.07) is 7.26. The fraction of sp³-hybridized carbons (Fsp3) is 0.421. The minimum Gasteiger partial charge on any atom is -0.367 e. The molecule has 1 aromatic heterocycles. The number of rotatable bonds is 3. The number of carbonyl (C=O) groups excluding carboxylic acids is 1. The Balaban J connectivity index is 1.50. The zero-order valence-corrected chi connectivity index (χ0v) is 15.5. The Morgan fingerprint density at radius 2 is 1.81 bits per heavy atom. The Morgan fingerprint density at radius 1 is 0.962 bits per heavy atom. The fourth-order valence-electron chi connectivity index (χ4n) is 3.83. The lowest BCUT2D eigenvalue weighted by Crippen LogP contribution is -2.37. The third-order valence-electron chi connectivity index (χ3n) is 5.29. The molecule has 138 valence electrons. The molecule has 0 atom stereocenters. The van der Waals surface area contributed by atoms with E-state index < -0.39 is 10.0 Å². The van der Waals surface area contributed by atoms with Gasteiger partial charge in [-0.2, -0.15) is 4.31 Å². The van der Waals surface area contributed by atoms with E-state index >= 15 is 0 Å². The zero-order chi connectivity index (χ0) is 18.1. The topological polar surface area (TPSA) is 73.5 Å². The lowest BCUT2D eigenvalue weighted by atomic mass is 10.1. The van der Waals surface area contributed by atoms with Gasteiger partial charge < -0.3 is 9.88 Å². The summed E-state index contributed by atoms with van der Waals surface area (Å²) in [6.07, 6.45) is 7.12. The van der Waals surface area contributed by atoms with Crippen molar-refractivity contribution >= 4 is 15.9 Å². The van der Waals surface area contributed by atoms with E-state index in [9.17, 15) is 13.2 Å². The van der Waals surface area contributed by atoms with Crippen molar-refractivity contribution in [2.24, 2.45) is 0 Å². The number of aryl methyl sites for hydroxylation is 2. The van der Waals surface area contributed by atoms with Gasteiger partial charge >= 0.3 is 0 Å². The fourth-order valence-corrected chi connectivity index (χ4v) is 5.36. The Labute approximate surface area is 153 Å². The van der Waals surface area contributed by atoms with Crippen LogP contribution in [0.5, 0.6) is 0 Å². The molecule has 0 bridgehead atoms. The summed E-state index contributed by atoms with van der Waals surface area (Å²) in [6.45, 7) is 1.75. The third kappa shape index (κ3) is 3.17. The van der Waals surface area contributed by atoms with Crippen LogP contribution in [0.15, 0.2) is 41.6 Å². The number of nitrogens with zero attached hydrogens (tertiary/aromatic N) is 2. The van der Waals surface area contributed by atoms with E-state index in [1.807, 2.05) is 12.1 Å². The number of fused-ring (bicyclic) bond motifs is 1. The summed E-state index contributed by atoms with van der Waals surface area (Å²) in [5.41, 5.74) is 3.04. The number of benzene rings is 1. The van der Waals surface area contributed by atoms with E-state index in [2.05, 4.69) is 4.98 Å². The van der Waals surface area contributed by atoms with E-state index in [-0.39, 0.29) is 5.91 Å². The van der Waals surface area contributed by atoms with Gasteiger partial charge in [-0.3, -0.25) is 4.79 Å². The number of H-pyrrole nitrogens is 1. The van der Waals surface area contributed by atoms with Crippen molar-refractivity contribution in [2.75, 3.05) is 26.2 Å². The number of amides is 1. The lowest BCUT2D eigenvalue weighted by Gasteiger charge is -2.22. The van der Waals surface area contributed by atoms with Crippen molar-refractivity contribution < 1.29 is 13.2 Å². The molecule has 4 rings (SSSR count). The molecule has 1 aliphatic heterocycles. The van der Waals surface area contributed by atoms with Gasteiger partial charge in [0.15, 0.2) is 0 Å². The van der Waals surface area contributed by atoms with Crippen LogP contribution in [-0.2, 0) is 22.9 Å². The van der Waals surface area contributed by atoms with Crippen LogP contribution < -0.4 is 0 Å². The molecular weight excluding hydrogens is 350 g/mol. The first-order valence-corrected chi connectivity index (χ1v) is 10.5. The van der Waals surface area contributed by atoms with Crippen molar-refractivity contribution in [3.05, 3.63) is 53.3 Å². The van der Waals surface area contributed by atoms with E-state index in [1.165, 1.54) is 9.87 Å². The summed E-state index contributed by atoms with van der Waals surface area (Å²) in [7, 11) is -3.52. The quantitative estimate of drug-likeness (QED) is 0.895. The Kier molecular flexibility index (Phi) is 4.58. The first-order valence-electron chi connectivity index (χ1n) is 9.10. The number of carbonyl (C=O) groups is 1. The molecule has 0 unspecified atom stereocenters. The number of aromatic nitrogens is 1. The maximum atomic E-state index is 13.1. The molecule has 0 saturated carbocycles. The molecule has 1 fully saturated rings. The van der Waals surface area contributed by atoms with Crippen molar-refractivity contribution in [1.29, 1.82) is 0 Å². The third-order valence-corrected chi connectivity index (χ3v) is 7.19. The zero-order valence-electron chi connectivity index (χ0n) is 14.6. The van der Waals surface area contributed by atoms with Gasteiger partial charge in [-0.05, 0) is 55.0 Å². The van der Waals surface area contributed by atoms with Crippen LogP contribution in [0.25, 0.3) is 0 Å². The van der Waals surface area contributed by atoms with Gasteiger partial charge in [0.05, 0.1) is 10.5 Å². The minimum absolute atomic E-state index is 0.0528. The SMILES string of the molecule is O=C(c1cc[nH]c1)N1CCCN(S(=O)(=O)c2ccc3c(c2)CCC3)CC1. The molecule has 1 N–H and O–H groups in total. The second-order valence-electron chi connectivity index (χ2n) is 6.93. The van der Waals surface area contributed by atoms with Gasteiger partial charge in [-0.25, -0.2) is 8.42 Å². The van der Waals surface area contributed by atoms with E-state index in [0.29, 0.717) is 43.1 Å². The van der Waals surface area contributed by atoms with Gasteiger partial charge in [-0.15, -0.1) is 0 Å². The Bertz CT molecular complexity index is 906. The molecule has 1 amide bonds. The highest BCUT2D eigenvalue weighted by atomic mass is 32.2. The van der Waals surface area contributed by atoms with E-state index in [1.54, 1.807) is 29.4 Å². The van der Waals surface area contributed by atoms with Gasteiger partial charge in [0, 0.05) is 38.6 Å². The normalized spacial score (nSPS) is 18.5. The Hall–Kier alpha value is -2.12. The van der Waals surface area contributed by atoms with Crippen LogP contribution in [0.4, 0.5) is 0 Å². The molecule has 1 aromatic carbocycles. The van der Waals surface area contributed by atoms with Crippen LogP contribution in [-0.4, -0.2) is 54.7 Å². The molecule has 1 aliphatic carbocycles. The molecule has 1 saturated heterocycles. The molecule has 6 nitrogen and oxygen atoms in total. The monoisotopic (exact) mass is 373 g/mol. The highest BCUT2D eigenvalue weighted by molar-refractivity contribution is 7.89. The molecule has 2 aromatic rings. The van der Waals surface area contributed by atoms with E-state index in [0.717, 1.165) is 24.8 Å². The first-order chi connectivity index (χ1) is 12.6. The summed E-state index contributed by atoms with van der Waals surface area (Å²) in [5, 5.41) is 0. The number of sulfonamides is 1. The smallest absolute Gasteiger partial charge is 0.255 e. The second kappa shape index (κ2) is 6.89. The molecule has 0 spiro atoms. The largest absolute Gasteiger partial charge is 0.367 e. The number of aromatic amines is 1. The maximum absolute atomic E-state index is 13.1. The molecule has 2 aliphatic rings. The summed E-state index contributed by atoms with van der Waals surface area (Å²) < 4.78 is 27.6. The predicted octanol–water partition coefficient (Wildman–Crippen LogP) is 2.04. The second-order valence-corrected chi connectivity index (χ2v) is 8.87. The number of hydrogen-bond donors (Lipinski definition) is 1. The summed E-state index contributed by atoms with van der Waals surface area (Å²) >= 11 is 0. The molecular formula is C19H23N3O3S. The highest BCUT2D eigenvalue weighted by Gasteiger charge is 2.29. The molecule has 2 heterocycles. The van der Waals surface area contributed by atoms with Crippen LogP contribution >= 0.6 is 0 Å². The maximum Gasteiger partial charge on any atom is 0.255 e. The van der Waals surface area contributed by atoms with Crippen LogP contribution in [0.3, 0.4) is 0 Å². The minimum atomic E-state index is -3.52.